The number of rotatable bonds is 8. The van der Waals surface area contributed by atoms with Gasteiger partial charge in [0.25, 0.3) is 0 Å². The van der Waals surface area contributed by atoms with Gasteiger partial charge in [-0.1, -0.05) is 32.4 Å². The summed E-state index contributed by atoms with van der Waals surface area (Å²) in [5, 5.41) is 3.48. The average Bonchev–Trinajstić information content (AvgIpc) is 2.37. The molecule has 1 unspecified atom stereocenters. The van der Waals surface area contributed by atoms with Crippen LogP contribution in [0.4, 0.5) is 0 Å². The van der Waals surface area contributed by atoms with Gasteiger partial charge in [0.05, 0.1) is 6.61 Å². The van der Waals surface area contributed by atoms with E-state index in [0.29, 0.717) is 6.04 Å². The summed E-state index contributed by atoms with van der Waals surface area (Å²) in [6.07, 6.45) is 3.46. The van der Waals surface area contributed by atoms with Crippen LogP contribution in [0.25, 0.3) is 0 Å². The van der Waals surface area contributed by atoms with E-state index in [1.807, 2.05) is 0 Å². The Morgan fingerprint density at radius 1 is 1.18 bits per heavy atom. The van der Waals surface area contributed by atoms with Gasteiger partial charge in [-0.05, 0) is 37.5 Å². The van der Waals surface area contributed by atoms with E-state index >= 15 is 0 Å². The Kier molecular flexibility index (Phi) is 6.71. The van der Waals surface area contributed by atoms with Crippen LogP contribution in [-0.2, 0) is 6.54 Å². The molecule has 0 amide bonds. The van der Waals surface area contributed by atoms with Crippen molar-refractivity contribution in [2.24, 2.45) is 0 Å². The highest BCUT2D eigenvalue weighted by Gasteiger charge is 1.99. The summed E-state index contributed by atoms with van der Waals surface area (Å²) < 4.78 is 5.63. The molecule has 0 radical (unpaired) electrons. The normalized spacial score (nSPS) is 12.4. The second-order valence-corrected chi connectivity index (χ2v) is 4.54. The maximum absolute atomic E-state index is 5.63. The third-order valence-corrected chi connectivity index (χ3v) is 2.96. The first kappa shape index (κ1) is 14.0. The van der Waals surface area contributed by atoms with Crippen LogP contribution in [0.1, 0.15) is 45.6 Å². The predicted octanol–water partition coefficient (Wildman–Crippen LogP) is 3.75. The summed E-state index contributed by atoms with van der Waals surface area (Å²) in [5.74, 6) is 0.978. The standard InChI is InChI=1S/C15H25NO/c1-4-6-11-17-15-9-7-14(8-10-15)12-16-13(3)5-2/h7-10,13,16H,4-6,11-12H2,1-3H3. The van der Waals surface area contributed by atoms with Crippen molar-refractivity contribution in [1.82, 2.24) is 5.32 Å². The molecule has 0 aliphatic rings. The summed E-state index contributed by atoms with van der Waals surface area (Å²) in [4.78, 5) is 0. The molecular weight excluding hydrogens is 210 g/mol. The lowest BCUT2D eigenvalue weighted by molar-refractivity contribution is 0.309. The molecule has 1 aromatic rings. The minimum Gasteiger partial charge on any atom is -0.494 e. The Morgan fingerprint density at radius 3 is 2.47 bits per heavy atom. The first-order valence-corrected chi connectivity index (χ1v) is 6.71. The fourth-order valence-corrected chi connectivity index (χ4v) is 1.47. The van der Waals surface area contributed by atoms with Gasteiger partial charge in [-0.2, -0.15) is 0 Å². The molecule has 0 bridgehead atoms. The molecule has 0 aliphatic carbocycles. The van der Waals surface area contributed by atoms with E-state index in [0.717, 1.165) is 31.7 Å². The fraction of sp³-hybridized carbons (Fsp3) is 0.600. The molecule has 0 spiro atoms. The summed E-state index contributed by atoms with van der Waals surface area (Å²) >= 11 is 0. The molecule has 0 saturated heterocycles. The zero-order valence-electron chi connectivity index (χ0n) is 11.3. The Bertz CT molecular complexity index is 294. The van der Waals surface area contributed by atoms with Crippen LogP contribution in [-0.4, -0.2) is 12.6 Å². The molecular formula is C15H25NO. The lowest BCUT2D eigenvalue weighted by atomic mass is 10.2. The van der Waals surface area contributed by atoms with E-state index < -0.39 is 0 Å². The van der Waals surface area contributed by atoms with Gasteiger partial charge in [0.2, 0.25) is 0 Å². The van der Waals surface area contributed by atoms with Crippen molar-refractivity contribution in [3.05, 3.63) is 29.8 Å². The largest absolute Gasteiger partial charge is 0.494 e. The van der Waals surface area contributed by atoms with Crippen molar-refractivity contribution in [2.45, 2.75) is 52.6 Å². The summed E-state index contributed by atoms with van der Waals surface area (Å²) in [6.45, 7) is 8.34. The average molecular weight is 235 g/mol. The summed E-state index contributed by atoms with van der Waals surface area (Å²) in [7, 11) is 0. The quantitative estimate of drug-likeness (QED) is 0.693. The molecule has 1 rings (SSSR count). The zero-order valence-corrected chi connectivity index (χ0v) is 11.3. The maximum Gasteiger partial charge on any atom is 0.119 e. The lowest BCUT2D eigenvalue weighted by Crippen LogP contribution is -2.24. The highest BCUT2D eigenvalue weighted by molar-refractivity contribution is 5.27. The van der Waals surface area contributed by atoms with E-state index in [1.54, 1.807) is 0 Å². The molecule has 1 N–H and O–H groups in total. The van der Waals surface area contributed by atoms with Crippen molar-refractivity contribution in [3.8, 4) is 5.75 Å². The van der Waals surface area contributed by atoms with E-state index in [-0.39, 0.29) is 0 Å². The molecule has 0 heterocycles. The zero-order chi connectivity index (χ0) is 12.5. The van der Waals surface area contributed by atoms with E-state index in [4.69, 9.17) is 4.74 Å². The first-order valence-electron chi connectivity index (χ1n) is 6.71. The van der Waals surface area contributed by atoms with Gasteiger partial charge in [-0.25, -0.2) is 0 Å². The Morgan fingerprint density at radius 2 is 1.88 bits per heavy atom. The van der Waals surface area contributed by atoms with Gasteiger partial charge in [-0.3, -0.25) is 0 Å². The smallest absolute Gasteiger partial charge is 0.119 e. The molecule has 96 valence electrons. The number of benzene rings is 1. The van der Waals surface area contributed by atoms with Crippen molar-refractivity contribution in [3.63, 3.8) is 0 Å². The van der Waals surface area contributed by atoms with Crippen molar-refractivity contribution in [2.75, 3.05) is 6.61 Å². The van der Waals surface area contributed by atoms with Gasteiger partial charge in [0.15, 0.2) is 0 Å². The topological polar surface area (TPSA) is 21.3 Å². The SMILES string of the molecule is CCCCOc1ccc(CNC(C)CC)cc1. The van der Waals surface area contributed by atoms with Crippen molar-refractivity contribution >= 4 is 0 Å². The molecule has 0 aromatic heterocycles. The predicted molar refractivity (Wildman–Crippen MR) is 73.4 cm³/mol. The second kappa shape index (κ2) is 8.13. The van der Waals surface area contributed by atoms with E-state index in [2.05, 4.69) is 50.4 Å². The highest BCUT2D eigenvalue weighted by atomic mass is 16.5. The summed E-state index contributed by atoms with van der Waals surface area (Å²) in [6, 6.07) is 8.97. The number of ether oxygens (including phenoxy) is 1. The minimum absolute atomic E-state index is 0.579. The van der Waals surface area contributed by atoms with Crippen LogP contribution in [0, 0.1) is 0 Å². The molecule has 1 aromatic carbocycles. The van der Waals surface area contributed by atoms with E-state index in [9.17, 15) is 0 Å². The summed E-state index contributed by atoms with van der Waals surface area (Å²) in [5.41, 5.74) is 1.31. The third-order valence-electron chi connectivity index (χ3n) is 2.96. The number of hydrogen-bond acceptors (Lipinski definition) is 2. The van der Waals surface area contributed by atoms with Crippen molar-refractivity contribution in [1.29, 1.82) is 0 Å². The lowest BCUT2D eigenvalue weighted by Gasteiger charge is -2.11. The van der Waals surface area contributed by atoms with Crippen LogP contribution in [0.5, 0.6) is 5.75 Å². The van der Waals surface area contributed by atoms with E-state index in [1.165, 1.54) is 12.0 Å². The van der Waals surface area contributed by atoms with Crippen LogP contribution in [0.15, 0.2) is 24.3 Å². The Balaban J connectivity index is 2.34. The van der Waals surface area contributed by atoms with Gasteiger partial charge in [-0.15, -0.1) is 0 Å². The van der Waals surface area contributed by atoms with Gasteiger partial charge < -0.3 is 10.1 Å². The van der Waals surface area contributed by atoms with Crippen LogP contribution in [0.2, 0.25) is 0 Å². The molecule has 0 aliphatic heterocycles. The third kappa shape index (κ3) is 5.73. The van der Waals surface area contributed by atoms with Gasteiger partial charge >= 0.3 is 0 Å². The van der Waals surface area contributed by atoms with Crippen LogP contribution < -0.4 is 10.1 Å². The highest BCUT2D eigenvalue weighted by Crippen LogP contribution is 2.12. The number of unbranched alkanes of at least 4 members (excludes halogenated alkanes) is 1. The number of hydrogen-bond donors (Lipinski definition) is 1. The molecule has 17 heavy (non-hydrogen) atoms. The van der Waals surface area contributed by atoms with Crippen LogP contribution >= 0.6 is 0 Å². The molecule has 0 fully saturated rings. The molecule has 0 saturated carbocycles. The maximum atomic E-state index is 5.63. The Labute approximate surface area is 105 Å². The second-order valence-electron chi connectivity index (χ2n) is 4.54. The fourth-order valence-electron chi connectivity index (χ4n) is 1.47. The monoisotopic (exact) mass is 235 g/mol. The van der Waals surface area contributed by atoms with Gasteiger partial charge in [0, 0.05) is 12.6 Å². The van der Waals surface area contributed by atoms with Crippen LogP contribution in [0.3, 0.4) is 0 Å². The minimum atomic E-state index is 0.579. The number of nitrogens with one attached hydrogen (secondary N) is 1. The molecule has 2 heteroatoms. The molecule has 1 atom stereocenters. The van der Waals surface area contributed by atoms with Crippen molar-refractivity contribution < 1.29 is 4.74 Å². The first-order chi connectivity index (χ1) is 8.26. The van der Waals surface area contributed by atoms with Gasteiger partial charge in [0.1, 0.15) is 5.75 Å². The molecule has 2 nitrogen and oxygen atoms in total. The Hall–Kier alpha value is -1.02.